The van der Waals surface area contributed by atoms with E-state index in [9.17, 15) is 0 Å². The molecule has 0 rings (SSSR count). The predicted molar refractivity (Wildman–Crippen MR) is 35.7 cm³/mol. The van der Waals surface area contributed by atoms with Gasteiger partial charge in [0.15, 0.2) is 0 Å². The summed E-state index contributed by atoms with van der Waals surface area (Å²) in [6.45, 7) is 0. The monoisotopic (exact) mass is 196 g/mol. The van der Waals surface area contributed by atoms with Crippen molar-refractivity contribution in [2.75, 3.05) is 11.8 Å². The standard InChI is InChI=1S/C2H4Cl2.H3O4P/c3-1-2-4;1-5(2,3)4/h1-2H2;(H3,1,2,3,4). The fourth-order valence-electron chi connectivity index (χ4n) is 0. The van der Waals surface area contributed by atoms with E-state index in [0.29, 0.717) is 11.8 Å². The maximum absolute atomic E-state index is 8.88. The van der Waals surface area contributed by atoms with Gasteiger partial charge in [-0.2, -0.15) is 0 Å². The van der Waals surface area contributed by atoms with E-state index >= 15 is 0 Å². The molecule has 0 bridgehead atoms. The Balaban J connectivity index is 0. The molecule has 0 heterocycles. The smallest absolute Gasteiger partial charge is 0.303 e. The third-order valence-electron chi connectivity index (χ3n) is 0.0714. The zero-order valence-corrected chi connectivity index (χ0v) is 6.77. The fourth-order valence-corrected chi connectivity index (χ4v) is 0. The molecule has 0 aliphatic heterocycles. The largest absolute Gasteiger partial charge is 0.466 e. The van der Waals surface area contributed by atoms with Gasteiger partial charge in [0.1, 0.15) is 0 Å². The molecule has 0 unspecified atom stereocenters. The van der Waals surface area contributed by atoms with E-state index in [1.165, 1.54) is 0 Å². The molecule has 0 atom stereocenters. The van der Waals surface area contributed by atoms with Gasteiger partial charge in [-0.05, 0) is 0 Å². The SMILES string of the molecule is ClCCCl.O=P(O)(O)O. The second-order valence-corrected chi connectivity index (χ2v) is 2.67. The minimum Gasteiger partial charge on any atom is -0.303 e. The second kappa shape index (κ2) is 6.81. The molecule has 58 valence electrons. The van der Waals surface area contributed by atoms with Gasteiger partial charge < -0.3 is 14.7 Å². The van der Waals surface area contributed by atoms with Gasteiger partial charge in [-0.1, -0.05) is 0 Å². The van der Waals surface area contributed by atoms with Crippen LogP contribution in [-0.4, -0.2) is 26.4 Å². The highest BCUT2D eigenvalue weighted by Crippen LogP contribution is 2.25. The molecule has 4 nitrogen and oxygen atoms in total. The van der Waals surface area contributed by atoms with Crippen molar-refractivity contribution in [3.05, 3.63) is 0 Å². The van der Waals surface area contributed by atoms with E-state index in [2.05, 4.69) is 0 Å². The molecule has 0 aromatic heterocycles. The first-order chi connectivity index (χ1) is 3.91. The Morgan fingerprint density at radius 1 is 1.11 bits per heavy atom. The van der Waals surface area contributed by atoms with Gasteiger partial charge in [0.2, 0.25) is 0 Å². The van der Waals surface area contributed by atoms with Crippen LogP contribution in [0.25, 0.3) is 0 Å². The molecule has 3 N–H and O–H groups in total. The van der Waals surface area contributed by atoms with Gasteiger partial charge in [0.05, 0.1) is 0 Å². The van der Waals surface area contributed by atoms with Gasteiger partial charge in [-0.15, -0.1) is 23.2 Å². The fraction of sp³-hybridized carbons (Fsp3) is 1.00. The van der Waals surface area contributed by atoms with Crippen LogP contribution in [0.5, 0.6) is 0 Å². The minimum atomic E-state index is -4.64. The average molecular weight is 197 g/mol. The molecule has 0 saturated carbocycles. The maximum Gasteiger partial charge on any atom is 0.466 e. The van der Waals surface area contributed by atoms with E-state index < -0.39 is 7.82 Å². The van der Waals surface area contributed by atoms with Crippen molar-refractivity contribution in [2.45, 2.75) is 0 Å². The lowest BCUT2D eigenvalue weighted by Gasteiger charge is -1.82. The predicted octanol–water partition coefficient (Wildman–Crippen LogP) is 0.535. The van der Waals surface area contributed by atoms with Gasteiger partial charge in [-0.25, -0.2) is 4.57 Å². The van der Waals surface area contributed by atoms with Crippen molar-refractivity contribution in [1.29, 1.82) is 0 Å². The Labute approximate surface area is 62.6 Å². The second-order valence-electron chi connectivity index (χ2n) is 0.891. The molecule has 0 fully saturated rings. The molecule has 7 heteroatoms. The van der Waals surface area contributed by atoms with Crippen molar-refractivity contribution in [1.82, 2.24) is 0 Å². The Bertz CT molecular complexity index is 80.3. The number of rotatable bonds is 1. The van der Waals surface area contributed by atoms with E-state index in [0.717, 1.165) is 0 Å². The van der Waals surface area contributed by atoms with Gasteiger partial charge in [0.25, 0.3) is 0 Å². The Morgan fingerprint density at radius 2 is 1.22 bits per heavy atom. The molecule has 0 radical (unpaired) electrons. The molecule has 0 saturated heterocycles. The van der Waals surface area contributed by atoms with E-state index in [1.807, 2.05) is 0 Å². The zero-order chi connectivity index (χ0) is 7.91. The first kappa shape index (κ1) is 12.4. The summed E-state index contributed by atoms with van der Waals surface area (Å²) in [5.74, 6) is 1.11. The molecule has 0 amide bonds. The van der Waals surface area contributed by atoms with Crippen molar-refractivity contribution in [3.63, 3.8) is 0 Å². The molecule has 0 aromatic rings. The van der Waals surface area contributed by atoms with Crippen LogP contribution in [0.4, 0.5) is 0 Å². The van der Waals surface area contributed by atoms with Crippen LogP contribution >= 0.6 is 31.0 Å². The van der Waals surface area contributed by atoms with Crippen LogP contribution in [0, 0.1) is 0 Å². The van der Waals surface area contributed by atoms with Crippen molar-refractivity contribution in [2.24, 2.45) is 0 Å². The lowest BCUT2D eigenvalue weighted by molar-refractivity contribution is 0.275. The summed E-state index contributed by atoms with van der Waals surface area (Å²) in [5, 5.41) is 0. The van der Waals surface area contributed by atoms with E-state index in [4.69, 9.17) is 42.4 Å². The van der Waals surface area contributed by atoms with E-state index in [1.54, 1.807) is 0 Å². The third kappa shape index (κ3) is 136. The Hall–Kier alpha value is 0.690. The van der Waals surface area contributed by atoms with Crippen LogP contribution in [-0.2, 0) is 4.57 Å². The molecule has 0 spiro atoms. The number of hydrogen-bond acceptors (Lipinski definition) is 1. The van der Waals surface area contributed by atoms with Gasteiger partial charge >= 0.3 is 7.82 Å². The topological polar surface area (TPSA) is 77.8 Å². The quantitative estimate of drug-likeness (QED) is 0.423. The number of alkyl halides is 2. The number of halogens is 2. The molecular formula is C2H7Cl2O4P. The van der Waals surface area contributed by atoms with Crippen LogP contribution < -0.4 is 0 Å². The van der Waals surface area contributed by atoms with E-state index in [-0.39, 0.29) is 0 Å². The lowest BCUT2D eigenvalue weighted by Crippen LogP contribution is -1.66. The van der Waals surface area contributed by atoms with Crippen LogP contribution in [0.2, 0.25) is 0 Å². The normalized spacial score (nSPS) is 9.89. The summed E-state index contributed by atoms with van der Waals surface area (Å²) in [6.07, 6.45) is 0. The highest BCUT2D eigenvalue weighted by Gasteiger charge is 2.00. The number of phosphoric acid groups is 1. The van der Waals surface area contributed by atoms with Crippen molar-refractivity contribution < 1.29 is 19.2 Å². The summed E-state index contributed by atoms with van der Waals surface area (Å²) >= 11 is 10.1. The summed E-state index contributed by atoms with van der Waals surface area (Å²) in [5.41, 5.74) is 0. The molecule has 0 aliphatic carbocycles. The molecule has 9 heavy (non-hydrogen) atoms. The maximum atomic E-state index is 8.88. The summed E-state index contributed by atoms with van der Waals surface area (Å²) in [6, 6.07) is 0. The average Bonchev–Trinajstić information content (AvgIpc) is 1.61. The summed E-state index contributed by atoms with van der Waals surface area (Å²) in [7, 11) is -4.64. The first-order valence-electron chi connectivity index (χ1n) is 1.82. The highest BCUT2D eigenvalue weighted by molar-refractivity contribution is 7.45. The lowest BCUT2D eigenvalue weighted by atomic mass is 11.0. The van der Waals surface area contributed by atoms with Gasteiger partial charge in [-0.3, -0.25) is 0 Å². The zero-order valence-electron chi connectivity index (χ0n) is 4.37. The summed E-state index contributed by atoms with van der Waals surface area (Å²) in [4.78, 5) is 21.6. The Morgan fingerprint density at radius 3 is 1.22 bits per heavy atom. The van der Waals surface area contributed by atoms with Gasteiger partial charge in [0, 0.05) is 11.8 Å². The third-order valence-corrected chi connectivity index (χ3v) is 0.643. The minimum absolute atomic E-state index is 0.557. The summed E-state index contributed by atoms with van der Waals surface area (Å²) < 4.78 is 8.88. The first-order valence-corrected chi connectivity index (χ1v) is 4.45. The van der Waals surface area contributed by atoms with Crippen LogP contribution in [0.1, 0.15) is 0 Å². The van der Waals surface area contributed by atoms with Crippen molar-refractivity contribution in [3.8, 4) is 0 Å². The molecule has 0 aromatic carbocycles. The highest BCUT2D eigenvalue weighted by atomic mass is 35.5. The molecular weight excluding hydrogens is 190 g/mol. The van der Waals surface area contributed by atoms with Crippen LogP contribution in [0.3, 0.4) is 0 Å². The van der Waals surface area contributed by atoms with Crippen LogP contribution in [0.15, 0.2) is 0 Å². The Kier molecular flexibility index (Phi) is 9.36. The number of hydrogen-bond donors (Lipinski definition) is 3. The molecule has 0 aliphatic rings. The van der Waals surface area contributed by atoms with Crippen molar-refractivity contribution >= 4 is 31.0 Å².